The Hall–Kier alpha value is -1.68. The molecule has 1 aliphatic carbocycles. The second kappa shape index (κ2) is 7.72. The van der Waals surface area contributed by atoms with Crippen LogP contribution in [0.1, 0.15) is 25.7 Å². The molecule has 6 nitrogen and oxygen atoms in total. The fraction of sp³-hybridized carbons (Fsp3) is 0.450. The molecule has 164 valence electrons. The molecule has 5 rings (SSSR count). The van der Waals surface area contributed by atoms with Crippen LogP contribution in [0.15, 0.2) is 24.4 Å². The Labute approximate surface area is 192 Å². The van der Waals surface area contributed by atoms with Crippen LogP contribution in [0.3, 0.4) is 0 Å². The lowest BCUT2D eigenvalue weighted by Crippen LogP contribution is -2.47. The zero-order valence-electron chi connectivity index (χ0n) is 16.4. The predicted octanol–water partition coefficient (Wildman–Crippen LogP) is 5.32. The molecule has 31 heavy (non-hydrogen) atoms. The van der Waals surface area contributed by atoms with E-state index in [0.717, 1.165) is 11.9 Å². The van der Waals surface area contributed by atoms with Gasteiger partial charge in [0.05, 0.1) is 27.2 Å². The number of piperidine rings is 1. The second-order valence-corrected chi connectivity index (χ2v) is 9.76. The fourth-order valence-corrected chi connectivity index (χ4v) is 6.24. The number of aromatic nitrogens is 4. The van der Waals surface area contributed by atoms with E-state index in [1.807, 2.05) is 6.07 Å². The third kappa shape index (κ3) is 3.46. The number of benzene rings is 1. The maximum atomic E-state index is 14.3. The average molecular weight is 485 g/mol. The number of rotatable bonds is 3. The molecule has 0 radical (unpaired) electrons. The van der Waals surface area contributed by atoms with Gasteiger partial charge in [-0.05, 0) is 30.7 Å². The molecule has 1 atom stereocenters. The maximum Gasteiger partial charge on any atom is 0.261 e. The third-order valence-corrected chi connectivity index (χ3v) is 8.52. The third-order valence-electron chi connectivity index (χ3n) is 6.59. The van der Waals surface area contributed by atoms with Crippen LogP contribution in [-0.4, -0.2) is 44.4 Å². The van der Waals surface area contributed by atoms with Gasteiger partial charge in [-0.3, -0.25) is 10.2 Å². The molecule has 3 N–H and O–H groups in total. The van der Waals surface area contributed by atoms with E-state index in [2.05, 4.69) is 25.1 Å². The lowest BCUT2D eigenvalue weighted by Gasteiger charge is -2.43. The summed E-state index contributed by atoms with van der Waals surface area (Å²) in [7, 11) is 0. The number of anilines is 1. The molecule has 1 aliphatic heterocycles. The summed E-state index contributed by atoms with van der Waals surface area (Å²) in [5.74, 6) is -2.02. The van der Waals surface area contributed by atoms with E-state index in [4.69, 9.17) is 28.3 Å². The number of halogens is 4. The number of aromatic amines is 1. The van der Waals surface area contributed by atoms with Crippen LogP contribution in [0, 0.1) is 5.41 Å². The van der Waals surface area contributed by atoms with E-state index in [1.54, 1.807) is 18.3 Å². The molecule has 0 amide bonds. The molecule has 2 aromatic heterocycles. The number of hydrogen-bond acceptors (Lipinski definition) is 6. The Morgan fingerprint density at radius 3 is 2.68 bits per heavy atom. The lowest BCUT2D eigenvalue weighted by atomic mass is 9.76. The molecule has 2 fully saturated rings. The largest absolute Gasteiger partial charge is 0.355 e. The Morgan fingerprint density at radius 1 is 1.16 bits per heavy atom. The van der Waals surface area contributed by atoms with Crippen LogP contribution in [0.4, 0.5) is 14.6 Å². The highest BCUT2D eigenvalue weighted by atomic mass is 35.5. The molecule has 1 unspecified atom stereocenters. The fourth-order valence-electron chi connectivity index (χ4n) is 4.89. The maximum absolute atomic E-state index is 14.3. The monoisotopic (exact) mass is 484 g/mol. The molecule has 11 heteroatoms. The normalized spacial score (nSPS) is 22.5. The Bertz CT molecular complexity index is 1130. The summed E-state index contributed by atoms with van der Waals surface area (Å²) in [6, 6.07) is 5.36. The van der Waals surface area contributed by atoms with Gasteiger partial charge in [0.15, 0.2) is 0 Å². The average Bonchev–Trinajstić information content (AvgIpc) is 3.28. The summed E-state index contributed by atoms with van der Waals surface area (Å²) in [4.78, 5) is 11.3. The minimum absolute atomic E-state index is 0.0876. The summed E-state index contributed by atoms with van der Waals surface area (Å²) in [6.07, 6.45) is 3.42. The molecular formula is C20H20Cl2F2N6S. The quantitative estimate of drug-likeness (QED) is 0.489. The van der Waals surface area contributed by atoms with Gasteiger partial charge in [-0.25, -0.2) is 18.7 Å². The van der Waals surface area contributed by atoms with Crippen LogP contribution in [0.25, 0.3) is 22.4 Å². The van der Waals surface area contributed by atoms with Crippen molar-refractivity contribution >= 4 is 52.1 Å². The lowest BCUT2D eigenvalue weighted by molar-refractivity contribution is 0.000732. The van der Waals surface area contributed by atoms with Gasteiger partial charge in [0.25, 0.3) is 5.92 Å². The van der Waals surface area contributed by atoms with E-state index in [1.165, 1.54) is 0 Å². The summed E-state index contributed by atoms with van der Waals surface area (Å²) < 4.78 is 28.5. The first-order valence-corrected chi connectivity index (χ1v) is 11.7. The number of fused-ring (bicyclic) bond motifs is 1. The highest BCUT2D eigenvalue weighted by Gasteiger charge is 2.59. The highest BCUT2D eigenvalue weighted by Crippen LogP contribution is 2.57. The van der Waals surface area contributed by atoms with Gasteiger partial charge in [0.2, 0.25) is 5.65 Å². The summed E-state index contributed by atoms with van der Waals surface area (Å²) in [5.41, 5.74) is 1.99. The van der Waals surface area contributed by atoms with E-state index < -0.39 is 16.6 Å². The number of nitrogens with zero attached hydrogens (tertiary/aromatic N) is 4. The van der Waals surface area contributed by atoms with Crippen LogP contribution in [-0.2, 0) is 0 Å². The van der Waals surface area contributed by atoms with Crippen LogP contribution >= 0.6 is 35.1 Å². The first-order chi connectivity index (χ1) is 14.8. The Morgan fingerprint density at radius 2 is 1.94 bits per heavy atom. The number of nitrogens with two attached hydrogens (primary N) is 1. The van der Waals surface area contributed by atoms with Crippen LogP contribution in [0.2, 0.25) is 10.0 Å². The Balaban J connectivity index is 1.39. The molecule has 1 spiro atoms. The second-order valence-electron chi connectivity index (χ2n) is 8.23. The number of H-pyrrole nitrogens is 1. The van der Waals surface area contributed by atoms with Crippen molar-refractivity contribution in [1.29, 1.82) is 0 Å². The van der Waals surface area contributed by atoms with Gasteiger partial charge < -0.3 is 4.90 Å². The molecule has 2 aliphatic rings. The van der Waals surface area contributed by atoms with Gasteiger partial charge >= 0.3 is 0 Å². The van der Waals surface area contributed by atoms with Crippen molar-refractivity contribution in [2.45, 2.75) is 36.9 Å². The SMILES string of the molecule is NSC1C(F)(F)CCC12CCN(c1cnc3c(-c4cccc(Cl)c4Cl)[nH]nc3n1)CC2. The minimum atomic E-state index is -2.70. The highest BCUT2D eigenvalue weighted by molar-refractivity contribution is 7.97. The number of alkyl halides is 2. The zero-order valence-corrected chi connectivity index (χ0v) is 18.7. The van der Waals surface area contributed by atoms with Gasteiger partial charge in [-0.2, -0.15) is 5.10 Å². The molecule has 0 bridgehead atoms. The van der Waals surface area contributed by atoms with E-state index >= 15 is 0 Å². The van der Waals surface area contributed by atoms with Crippen molar-refractivity contribution in [1.82, 2.24) is 20.2 Å². The van der Waals surface area contributed by atoms with E-state index in [0.29, 0.717) is 70.6 Å². The van der Waals surface area contributed by atoms with Gasteiger partial charge in [0.1, 0.15) is 11.3 Å². The standard InChI is InChI=1S/C20H20Cl2F2N6S/c21-12-3-1-2-11(14(12)22)15-16-17(29-28-15)27-13(10-26-16)30-8-6-19(7-9-30)4-5-20(23,24)18(19)31-25/h1-3,10,18H,4-9,25H2,(H,27,28,29). The van der Waals surface area contributed by atoms with Gasteiger partial charge in [-0.1, -0.05) is 47.3 Å². The molecular weight excluding hydrogens is 465 g/mol. The van der Waals surface area contributed by atoms with Crippen molar-refractivity contribution < 1.29 is 8.78 Å². The number of hydrogen-bond donors (Lipinski definition) is 2. The summed E-state index contributed by atoms with van der Waals surface area (Å²) >= 11 is 13.3. The number of nitrogens with one attached hydrogen (secondary N) is 1. The van der Waals surface area contributed by atoms with Crippen molar-refractivity contribution in [2.75, 3.05) is 18.0 Å². The van der Waals surface area contributed by atoms with E-state index in [9.17, 15) is 8.78 Å². The molecule has 3 aromatic rings. The van der Waals surface area contributed by atoms with Gasteiger partial charge in [0, 0.05) is 25.1 Å². The Kier molecular flexibility index (Phi) is 5.28. The molecule has 1 aromatic carbocycles. The van der Waals surface area contributed by atoms with Crippen LogP contribution in [0.5, 0.6) is 0 Å². The van der Waals surface area contributed by atoms with Crippen molar-refractivity contribution in [2.24, 2.45) is 10.6 Å². The smallest absolute Gasteiger partial charge is 0.261 e. The molecule has 1 saturated carbocycles. The molecule has 3 heterocycles. The molecule has 1 saturated heterocycles. The zero-order chi connectivity index (χ0) is 21.8. The van der Waals surface area contributed by atoms with Crippen molar-refractivity contribution in [3.63, 3.8) is 0 Å². The van der Waals surface area contributed by atoms with Crippen molar-refractivity contribution in [3.05, 3.63) is 34.4 Å². The van der Waals surface area contributed by atoms with E-state index in [-0.39, 0.29) is 6.42 Å². The van der Waals surface area contributed by atoms with Crippen LogP contribution < -0.4 is 10.0 Å². The first-order valence-electron chi connectivity index (χ1n) is 9.98. The predicted molar refractivity (Wildman–Crippen MR) is 121 cm³/mol. The van der Waals surface area contributed by atoms with Gasteiger partial charge in [-0.15, -0.1) is 0 Å². The van der Waals surface area contributed by atoms with Crippen molar-refractivity contribution in [3.8, 4) is 11.3 Å². The first kappa shape index (κ1) is 21.2. The minimum Gasteiger partial charge on any atom is -0.355 e. The summed E-state index contributed by atoms with van der Waals surface area (Å²) in [6.45, 7) is 1.26. The topological polar surface area (TPSA) is 83.7 Å². The summed E-state index contributed by atoms with van der Waals surface area (Å²) in [5, 5.41) is 12.9.